The average molecular weight is 291 g/mol. The fourth-order valence-electron chi connectivity index (χ4n) is 2.07. The number of hydrogen-bond acceptors (Lipinski definition) is 3. The van der Waals surface area contributed by atoms with E-state index >= 15 is 0 Å². The van der Waals surface area contributed by atoms with Crippen LogP contribution < -0.4 is 5.32 Å². The van der Waals surface area contributed by atoms with Crippen molar-refractivity contribution in [1.29, 1.82) is 0 Å². The summed E-state index contributed by atoms with van der Waals surface area (Å²) in [5.41, 5.74) is 1.98. The van der Waals surface area contributed by atoms with Gasteiger partial charge in [-0.15, -0.1) is 0 Å². The number of nitrogens with zero attached hydrogens (tertiary/aromatic N) is 1. The fourth-order valence-corrected chi connectivity index (χ4v) is 3.79. The third kappa shape index (κ3) is 3.21. The molecule has 1 aliphatic heterocycles. The maximum absolute atomic E-state index is 6.14. The van der Waals surface area contributed by atoms with Crippen molar-refractivity contribution in [1.82, 2.24) is 4.98 Å². The van der Waals surface area contributed by atoms with E-state index < -0.39 is 0 Å². The molecule has 1 aromatic rings. The molecule has 2 rings (SSSR count). The van der Waals surface area contributed by atoms with Crippen LogP contribution in [0.25, 0.3) is 0 Å². The number of thioether (sulfide) groups is 1. The molecule has 2 heterocycles. The lowest BCUT2D eigenvalue weighted by molar-refractivity contribution is 0.617. The molecule has 1 N–H and O–H groups in total. The van der Waals surface area contributed by atoms with E-state index in [4.69, 9.17) is 23.2 Å². The molecule has 0 spiro atoms. The molecule has 17 heavy (non-hydrogen) atoms. The van der Waals surface area contributed by atoms with Crippen molar-refractivity contribution in [2.45, 2.75) is 38.0 Å². The van der Waals surface area contributed by atoms with Crippen molar-refractivity contribution < 1.29 is 0 Å². The zero-order chi connectivity index (χ0) is 12.4. The first-order valence-electron chi connectivity index (χ1n) is 5.78. The minimum absolute atomic E-state index is 0.448. The number of aromatic nitrogens is 1. The van der Waals surface area contributed by atoms with E-state index in [2.05, 4.69) is 17.2 Å². The fraction of sp³-hybridized carbons (Fsp3) is 0.583. The van der Waals surface area contributed by atoms with Crippen LogP contribution in [0.15, 0.2) is 6.07 Å². The third-order valence-corrected chi connectivity index (χ3v) is 4.92. The largest absolute Gasteiger partial charge is 0.379 e. The van der Waals surface area contributed by atoms with E-state index in [0.717, 1.165) is 11.3 Å². The third-order valence-electron chi connectivity index (χ3n) is 3.08. The maximum Gasteiger partial charge on any atom is 0.154 e. The topological polar surface area (TPSA) is 24.9 Å². The van der Waals surface area contributed by atoms with Crippen LogP contribution in [0.3, 0.4) is 0 Å². The molecule has 0 bridgehead atoms. The molecule has 1 aliphatic rings. The van der Waals surface area contributed by atoms with Gasteiger partial charge in [0.2, 0.25) is 0 Å². The van der Waals surface area contributed by atoms with Gasteiger partial charge in [0.25, 0.3) is 0 Å². The lowest BCUT2D eigenvalue weighted by Gasteiger charge is -2.30. The summed E-state index contributed by atoms with van der Waals surface area (Å²) in [6.45, 7) is 4.26. The Morgan fingerprint density at radius 3 is 2.88 bits per heavy atom. The van der Waals surface area contributed by atoms with Crippen LogP contribution in [-0.2, 0) is 0 Å². The lowest BCUT2D eigenvalue weighted by Crippen LogP contribution is -2.33. The maximum atomic E-state index is 6.14. The quantitative estimate of drug-likeness (QED) is 0.818. The summed E-state index contributed by atoms with van der Waals surface area (Å²) >= 11 is 14.0. The molecule has 0 aliphatic carbocycles. The Balaban J connectivity index is 2.17. The summed E-state index contributed by atoms with van der Waals surface area (Å²) in [6, 6.07) is 2.31. The first kappa shape index (κ1) is 13.3. The van der Waals surface area contributed by atoms with E-state index in [1.165, 1.54) is 18.6 Å². The Hall–Kier alpha value is -0.120. The minimum atomic E-state index is 0.448. The predicted molar refractivity (Wildman–Crippen MR) is 77.6 cm³/mol. The smallest absolute Gasteiger partial charge is 0.154 e. The zero-order valence-electron chi connectivity index (χ0n) is 9.96. The number of anilines is 1. The molecule has 0 aromatic carbocycles. The number of nitrogens with one attached hydrogen (secondary N) is 1. The van der Waals surface area contributed by atoms with E-state index in [9.17, 15) is 0 Å². The molecule has 5 heteroatoms. The summed E-state index contributed by atoms with van der Waals surface area (Å²) in [5.74, 6) is 1.25. The van der Waals surface area contributed by atoms with Gasteiger partial charge in [-0.1, -0.05) is 30.1 Å². The van der Waals surface area contributed by atoms with Gasteiger partial charge in [0.15, 0.2) is 5.15 Å². The molecular weight excluding hydrogens is 275 g/mol. The van der Waals surface area contributed by atoms with Crippen molar-refractivity contribution >= 4 is 40.7 Å². The van der Waals surface area contributed by atoms with Gasteiger partial charge in [0.1, 0.15) is 5.15 Å². The number of pyridine rings is 1. The van der Waals surface area contributed by atoms with Crippen molar-refractivity contribution in [3.05, 3.63) is 21.9 Å². The summed E-state index contributed by atoms with van der Waals surface area (Å²) < 4.78 is 0. The van der Waals surface area contributed by atoms with Crippen molar-refractivity contribution in [3.63, 3.8) is 0 Å². The van der Waals surface area contributed by atoms with Crippen LogP contribution in [-0.4, -0.2) is 22.0 Å². The van der Waals surface area contributed by atoms with Crippen LogP contribution in [0.2, 0.25) is 10.3 Å². The summed E-state index contributed by atoms with van der Waals surface area (Å²) in [7, 11) is 0. The first-order chi connectivity index (χ1) is 8.08. The van der Waals surface area contributed by atoms with Crippen LogP contribution in [0, 0.1) is 6.92 Å². The van der Waals surface area contributed by atoms with Crippen molar-refractivity contribution in [3.8, 4) is 0 Å². The van der Waals surface area contributed by atoms with Gasteiger partial charge >= 0.3 is 0 Å². The monoisotopic (exact) mass is 290 g/mol. The first-order valence-corrected chi connectivity index (χ1v) is 7.59. The zero-order valence-corrected chi connectivity index (χ0v) is 12.3. The van der Waals surface area contributed by atoms with E-state index in [0.29, 0.717) is 21.6 Å². The Morgan fingerprint density at radius 2 is 2.24 bits per heavy atom. The molecular formula is C12H16Cl2N2S. The molecule has 0 amide bonds. The number of hydrogen-bond donors (Lipinski definition) is 1. The average Bonchev–Trinajstić information content (AvgIpc) is 2.25. The molecule has 2 atom stereocenters. The normalized spacial score (nSPS) is 24.7. The summed E-state index contributed by atoms with van der Waals surface area (Å²) in [5, 5.41) is 5.05. The number of halogens is 2. The number of rotatable bonds is 2. The molecule has 1 fully saturated rings. The van der Waals surface area contributed by atoms with Gasteiger partial charge in [-0.3, -0.25) is 0 Å². The van der Waals surface area contributed by atoms with E-state index in [-0.39, 0.29) is 0 Å². The number of aryl methyl sites for hydroxylation is 1. The van der Waals surface area contributed by atoms with Crippen molar-refractivity contribution in [2.24, 2.45) is 0 Å². The second-order valence-electron chi connectivity index (χ2n) is 4.40. The van der Waals surface area contributed by atoms with Gasteiger partial charge < -0.3 is 5.32 Å². The molecule has 2 unspecified atom stereocenters. The van der Waals surface area contributed by atoms with Crippen LogP contribution in [0.4, 0.5) is 5.69 Å². The second-order valence-corrected chi connectivity index (χ2v) is 6.63. The highest BCUT2D eigenvalue weighted by Crippen LogP contribution is 2.32. The van der Waals surface area contributed by atoms with Crippen molar-refractivity contribution in [2.75, 3.05) is 11.1 Å². The standard InChI is InChI=1S/C12H16Cl2N2S/c1-7-6-10(13)16-12(14)11(7)15-9-4-3-5-17-8(9)2/h6,8-9,15H,3-5H2,1-2H3. The summed E-state index contributed by atoms with van der Waals surface area (Å²) in [4.78, 5) is 4.09. The molecule has 94 valence electrons. The van der Waals surface area contributed by atoms with Gasteiger partial charge in [-0.2, -0.15) is 11.8 Å². The molecule has 2 nitrogen and oxygen atoms in total. The van der Waals surface area contributed by atoms with Gasteiger partial charge in [0, 0.05) is 11.3 Å². The van der Waals surface area contributed by atoms with Crippen LogP contribution in [0.5, 0.6) is 0 Å². The minimum Gasteiger partial charge on any atom is -0.379 e. The Kier molecular flexibility index (Phi) is 4.45. The highest BCUT2D eigenvalue weighted by Gasteiger charge is 2.23. The molecule has 1 saturated heterocycles. The van der Waals surface area contributed by atoms with Crippen LogP contribution >= 0.6 is 35.0 Å². The lowest BCUT2D eigenvalue weighted by atomic mass is 10.1. The Labute approximate surface area is 116 Å². The highest BCUT2D eigenvalue weighted by atomic mass is 35.5. The van der Waals surface area contributed by atoms with E-state index in [1.54, 1.807) is 0 Å². The molecule has 0 saturated carbocycles. The van der Waals surface area contributed by atoms with Gasteiger partial charge in [0.05, 0.1) is 5.69 Å². The van der Waals surface area contributed by atoms with Crippen LogP contribution in [0.1, 0.15) is 25.3 Å². The summed E-state index contributed by atoms with van der Waals surface area (Å²) in [6.07, 6.45) is 2.44. The molecule has 0 radical (unpaired) electrons. The molecule has 1 aromatic heterocycles. The predicted octanol–water partition coefficient (Wildman–Crippen LogP) is 4.39. The highest BCUT2D eigenvalue weighted by molar-refractivity contribution is 8.00. The Bertz CT molecular complexity index is 388. The Morgan fingerprint density at radius 1 is 1.47 bits per heavy atom. The van der Waals surface area contributed by atoms with Gasteiger partial charge in [-0.25, -0.2) is 4.98 Å². The van der Waals surface area contributed by atoms with E-state index in [1.807, 2.05) is 24.8 Å². The SMILES string of the molecule is Cc1cc(Cl)nc(Cl)c1NC1CCCSC1C. The van der Waals surface area contributed by atoms with Gasteiger partial charge in [-0.05, 0) is 37.1 Å². The second kappa shape index (κ2) is 5.68.